The van der Waals surface area contributed by atoms with Gasteiger partial charge in [0.1, 0.15) is 5.82 Å². The molecule has 2 N–H and O–H groups in total. The molecule has 0 radical (unpaired) electrons. The molecule has 3 aromatic rings. The largest absolute Gasteiger partial charge is 0.462 e. The average molecular weight is 340 g/mol. The number of carbonyl (C=O) groups is 2. The molecule has 0 bridgehead atoms. The number of anilines is 1. The molecule has 0 fully saturated rings. The molecule has 0 saturated heterocycles. The van der Waals surface area contributed by atoms with E-state index in [4.69, 9.17) is 4.74 Å². The van der Waals surface area contributed by atoms with Crippen LogP contribution in [-0.2, 0) is 16.0 Å². The summed E-state index contributed by atoms with van der Waals surface area (Å²) in [6.45, 7) is 2.05. The lowest BCUT2D eigenvalue weighted by Crippen LogP contribution is -2.14. The molecule has 2 aromatic carbocycles. The fraction of sp³-hybridized carbons (Fsp3) is 0.158. The van der Waals surface area contributed by atoms with Gasteiger partial charge in [-0.15, -0.1) is 0 Å². The van der Waals surface area contributed by atoms with Crippen LogP contribution < -0.4 is 5.32 Å². The van der Waals surface area contributed by atoms with Gasteiger partial charge >= 0.3 is 5.97 Å². The van der Waals surface area contributed by atoms with Crippen LogP contribution in [0.15, 0.2) is 48.7 Å². The third-order valence-electron chi connectivity index (χ3n) is 3.76. The predicted molar refractivity (Wildman–Crippen MR) is 93.0 cm³/mol. The SMILES string of the molecule is CCOC(=O)c1ccc(NC(=O)Cc2c[nH]c3cc(F)ccc23)cc1. The molecule has 3 rings (SSSR count). The summed E-state index contributed by atoms with van der Waals surface area (Å²) < 4.78 is 18.1. The lowest BCUT2D eigenvalue weighted by Gasteiger charge is -2.06. The van der Waals surface area contributed by atoms with Gasteiger partial charge < -0.3 is 15.0 Å². The minimum Gasteiger partial charge on any atom is -0.462 e. The van der Waals surface area contributed by atoms with Gasteiger partial charge in [-0.05, 0) is 55.0 Å². The summed E-state index contributed by atoms with van der Waals surface area (Å²) in [5, 5.41) is 3.59. The number of fused-ring (bicyclic) bond motifs is 1. The zero-order valence-corrected chi connectivity index (χ0v) is 13.6. The molecule has 128 valence electrons. The highest BCUT2D eigenvalue weighted by Crippen LogP contribution is 2.20. The summed E-state index contributed by atoms with van der Waals surface area (Å²) in [6.07, 6.45) is 1.86. The Balaban J connectivity index is 1.66. The van der Waals surface area contributed by atoms with Crippen molar-refractivity contribution in [1.82, 2.24) is 4.98 Å². The van der Waals surface area contributed by atoms with E-state index in [1.54, 1.807) is 43.5 Å². The third kappa shape index (κ3) is 3.85. The van der Waals surface area contributed by atoms with E-state index in [9.17, 15) is 14.0 Å². The first-order chi connectivity index (χ1) is 12.1. The molecule has 1 heterocycles. The van der Waals surface area contributed by atoms with Crippen molar-refractivity contribution in [2.45, 2.75) is 13.3 Å². The van der Waals surface area contributed by atoms with Gasteiger partial charge in [-0.3, -0.25) is 4.79 Å². The Bertz CT molecular complexity index is 916. The van der Waals surface area contributed by atoms with E-state index in [0.717, 1.165) is 10.9 Å². The fourth-order valence-electron chi connectivity index (χ4n) is 2.59. The minimum absolute atomic E-state index is 0.158. The Kier molecular flexibility index (Phi) is 4.79. The molecule has 0 atom stereocenters. The van der Waals surface area contributed by atoms with E-state index in [1.165, 1.54) is 12.1 Å². The Hall–Kier alpha value is -3.15. The van der Waals surface area contributed by atoms with Gasteiger partial charge in [0.2, 0.25) is 5.91 Å². The molecule has 0 unspecified atom stereocenters. The molecule has 25 heavy (non-hydrogen) atoms. The minimum atomic E-state index is -0.397. The number of nitrogens with one attached hydrogen (secondary N) is 2. The summed E-state index contributed by atoms with van der Waals surface area (Å²) in [5.41, 5.74) is 2.46. The number of aromatic nitrogens is 1. The van der Waals surface area contributed by atoms with Gasteiger partial charge in [0.05, 0.1) is 18.6 Å². The first-order valence-corrected chi connectivity index (χ1v) is 7.89. The number of H-pyrrole nitrogens is 1. The van der Waals surface area contributed by atoms with Crippen molar-refractivity contribution in [1.29, 1.82) is 0 Å². The van der Waals surface area contributed by atoms with Crippen LogP contribution in [0.3, 0.4) is 0 Å². The molecule has 0 aliphatic carbocycles. The first kappa shape index (κ1) is 16.7. The standard InChI is InChI=1S/C19H17FN2O3/c1-2-25-19(24)12-3-6-15(7-4-12)22-18(23)9-13-11-21-17-10-14(20)5-8-16(13)17/h3-8,10-11,21H,2,9H2,1H3,(H,22,23). The molecule has 1 aromatic heterocycles. The van der Waals surface area contributed by atoms with E-state index in [-0.39, 0.29) is 18.1 Å². The summed E-state index contributed by atoms with van der Waals surface area (Å²) in [6, 6.07) is 10.9. The molecule has 5 nitrogen and oxygen atoms in total. The lowest BCUT2D eigenvalue weighted by atomic mass is 10.1. The summed E-state index contributed by atoms with van der Waals surface area (Å²) >= 11 is 0. The highest BCUT2D eigenvalue weighted by Gasteiger charge is 2.11. The van der Waals surface area contributed by atoms with Crippen molar-refractivity contribution >= 4 is 28.5 Å². The Labute approximate surface area is 143 Å². The topological polar surface area (TPSA) is 71.2 Å². The number of benzene rings is 2. The highest BCUT2D eigenvalue weighted by molar-refractivity contribution is 5.96. The van der Waals surface area contributed by atoms with E-state index in [1.807, 2.05) is 0 Å². The first-order valence-electron chi connectivity index (χ1n) is 7.89. The second-order valence-corrected chi connectivity index (χ2v) is 5.53. The molecule has 0 aliphatic rings. The lowest BCUT2D eigenvalue weighted by molar-refractivity contribution is -0.115. The van der Waals surface area contributed by atoms with E-state index >= 15 is 0 Å². The van der Waals surface area contributed by atoms with Crippen LogP contribution in [0.1, 0.15) is 22.8 Å². The number of carbonyl (C=O) groups excluding carboxylic acids is 2. The maximum absolute atomic E-state index is 13.2. The number of halogens is 1. The Morgan fingerprint density at radius 1 is 1.16 bits per heavy atom. The fourth-order valence-corrected chi connectivity index (χ4v) is 2.59. The van der Waals surface area contributed by atoms with E-state index < -0.39 is 5.97 Å². The van der Waals surface area contributed by atoms with Gasteiger partial charge in [0.15, 0.2) is 0 Å². The van der Waals surface area contributed by atoms with Crippen LogP contribution in [-0.4, -0.2) is 23.5 Å². The highest BCUT2D eigenvalue weighted by atomic mass is 19.1. The van der Waals surface area contributed by atoms with Crippen LogP contribution in [0.25, 0.3) is 10.9 Å². The van der Waals surface area contributed by atoms with E-state index in [0.29, 0.717) is 23.4 Å². The number of ether oxygens (including phenoxy) is 1. The molecule has 6 heteroatoms. The zero-order valence-electron chi connectivity index (χ0n) is 13.6. The third-order valence-corrected chi connectivity index (χ3v) is 3.76. The average Bonchev–Trinajstić information content (AvgIpc) is 2.97. The number of aromatic amines is 1. The molecule has 0 aliphatic heterocycles. The smallest absolute Gasteiger partial charge is 0.338 e. The van der Waals surface area contributed by atoms with Crippen LogP contribution in [0.5, 0.6) is 0 Å². The number of hydrogen-bond acceptors (Lipinski definition) is 3. The van der Waals surface area contributed by atoms with Crippen molar-refractivity contribution in [3.63, 3.8) is 0 Å². The van der Waals surface area contributed by atoms with Crippen molar-refractivity contribution in [2.75, 3.05) is 11.9 Å². The van der Waals surface area contributed by atoms with Crippen molar-refractivity contribution in [2.24, 2.45) is 0 Å². The van der Waals surface area contributed by atoms with Crippen LogP contribution >= 0.6 is 0 Å². The Morgan fingerprint density at radius 2 is 1.92 bits per heavy atom. The number of rotatable bonds is 5. The second kappa shape index (κ2) is 7.17. The van der Waals surface area contributed by atoms with Gasteiger partial charge in [0.25, 0.3) is 0 Å². The van der Waals surface area contributed by atoms with Crippen molar-refractivity contribution in [3.8, 4) is 0 Å². The van der Waals surface area contributed by atoms with Crippen LogP contribution in [0.4, 0.5) is 10.1 Å². The predicted octanol–water partition coefficient (Wildman–Crippen LogP) is 3.66. The summed E-state index contributed by atoms with van der Waals surface area (Å²) in [5.74, 6) is -0.924. The maximum atomic E-state index is 13.2. The zero-order chi connectivity index (χ0) is 17.8. The molecule has 1 amide bonds. The second-order valence-electron chi connectivity index (χ2n) is 5.53. The normalized spacial score (nSPS) is 10.6. The number of hydrogen-bond donors (Lipinski definition) is 2. The molecule has 0 saturated carbocycles. The van der Waals surface area contributed by atoms with Gasteiger partial charge in [0, 0.05) is 22.8 Å². The maximum Gasteiger partial charge on any atom is 0.338 e. The van der Waals surface area contributed by atoms with Gasteiger partial charge in [-0.2, -0.15) is 0 Å². The molecular formula is C19H17FN2O3. The van der Waals surface area contributed by atoms with Crippen LogP contribution in [0, 0.1) is 5.82 Å². The van der Waals surface area contributed by atoms with Crippen molar-refractivity contribution < 1.29 is 18.7 Å². The molecule has 0 spiro atoms. The quantitative estimate of drug-likeness (QED) is 0.696. The van der Waals surface area contributed by atoms with Crippen molar-refractivity contribution in [3.05, 3.63) is 65.6 Å². The van der Waals surface area contributed by atoms with E-state index in [2.05, 4.69) is 10.3 Å². The Morgan fingerprint density at radius 3 is 2.64 bits per heavy atom. The summed E-state index contributed by atoms with van der Waals surface area (Å²) in [4.78, 5) is 26.8. The van der Waals surface area contributed by atoms with Gasteiger partial charge in [-0.1, -0.05) is 0 Å². The number of esters is 1. The van der Waals surface area contributed by atoms with Crippen LogP contribution in [0.2, 0.25) is 0 Å². The monoisotopic (exact) mass is 340 g/mol. The number of amides is 1. The van der Waals surface area contributed by atoms with Gasteiger partial charge in [-0.25, -0.2) is 9.18 Å². The molecular weight excluding hydrogens is 323 g/mol. The summed E-state index contributed by atoms with van der Waals surface area (Å²) in [7, 11) is 0.